The molecule has 0 aromatic heterocycles. The Hall–Kier alpha value is -2.15. The summed E-state index contributed by atoms with van der Waals surface area (Å²) in [7, 11) is 0. The molecule has 1 unspecified atom stereocenters. The average Bonchev–Trinajstić information content (AvgIpc) is 3.08. The molecular weight excluding hydrogens is 431 g/mol. The summed E-state index contributed by atoms with van der Waals surface area (Å²) >= 11 is 0. The lowest BCUT2D eigenvalue weighted by molar-refractivity contribution is -0.137. The highest BCUT2D eigenvalue weighted by molar-refractivity contribution is 5.86. The molecule has 1 aliphatic rings. The van der Waals surface area contributed by atoms with Crippen LogP contribution in [0.3, 0.4) is 0 Å². The molecule has 0 bridgehead atoms. The highest BCUT2D eigenvalue weighted by atomic mass is 35.5. The third-order valence-electron chi connectivity index (χ3n) is 4.95. The van der Waals surface area contributed by atoms with Gasteiger partial charge in [-0.05, 0) is 43.1 Å². The molecule has 3 rings (SSSR count). The highest BCUT2D eigenvalue weighted by Crippen LogP contribution is 2.40. The first-order valence-electron chi connectivity index (χ1n) is 9.43. The van der Waals surface area contributed by atoms with E-state index >= 15 is 0 Å². The molecule has 0 fully saturated rings. The lowest BCUT2D eigenvalue weighted by Gasteiger charge is -2.40. The molecule has 1 aliphatic heterocycles. The van der Waals surface area contributed by atoms with E-state index in [4.69, 9.17) is 5.73 Å². The average molecular weight is 458 g/mol. The fourth-order valence-corrected chi connectivity index (χ4v) is 3.54. The summed E-state index contributed by atoms with van der Waals surface area (Å²) in [6, 6.07) is 12.8. The van der Waals surface area contributed by atoms with Gasteiger partial charge in [-0.1, -0.05) is 44.2 Å². The van der Waals surface area contributed by atoms with E-state index in [1.165, 1.54) is 0 Å². The normalized spacial score (nSPS) is 17.7. The van der Waals surface area contributed by atoms with Crippen molar-refractivity contribution in [3.05, 3.63) is 77.5 Å². The second-order valence-electron chi connectivity index (χ2n) is 7.27. The summed E-state index contributed by atoms with van der Waals surface area (Å²) in [5.41, 5.74) is 6.17. The third kappa shape index (κ3) is 4.94. The molecule has 1 heterocycles. The van der Waals surface area contributed by atoms with Gasteiger partial charge in [0.1, 0.15) is 17.3 Å². The number of benzene rings is 2. The van der Waals surface area contributed by atoms with E-state index in [-0.39, 0.29) is 42.2 Å². The molecule has 2 aromatic rings. The SMILES string of the molecule is CC(C)C(=O)N1C=C(c2cc(F)ccc2F)NC1(CCCN)c1ccccc1.Cl.Cl. The van der Waals surface area contributed by atoms with E-state index in [0.717, 1.165) is 23.8 Å². The van der Waals surface area contributed by atoms with Gasteiger partial charge in [0.25, 0.3) is 0 Å². The fourth-order valence-electron chi connectivity index (χ4n) is 3.54. The summed E-state index contributed by atoms with van der Waals surface area (Å²) in [6.07, 6.45) is 2.77. The fraction of sp³-hybridized carbons (Fsp3) is 0.318. The number of amides is 1. The van der Waals surface area contributed by atoms with E-state index < -0.39 is 17.3 Å². The van der Waals surface area contributed by atoms with E-state index in [2.05, 4.69) is 5.32 Å². The van der Waals surface area contributed by atoms with Crippen LogP contribution in [0.4, 0.5) is 8.78 Å². The van der Waals surface area contributed by atoms with Crippen LogP contribution < -0.4 is 11.1 Å². The molecule has 164 valence electrons. The molecule has 0 spiro atoms. The molecule has 4 nitrogen and oxygen atoms in total. The first kappa shape index (κ1) is 25.9. The number of nitrogens with one attached hydrogen (secondary N) is 1. The first-order valence-corrected chi connectivity index (χ1v) is 9.43. The highest BCUT2D eigenvalue weighted by Gasteiger charge is 2.45. The van der Waals surface area contributed by atoms with Crippen molar-refractivity contribution in [3.63, 3.8) is 0 Å². The number of nitrogens with two attached hydrogens (primary N) is 1. The van der Waals surface area contributed by atoms with Crippen molar-refractivity contribution in [2.75, 3.05) is 6.54 Å². The first-order chi connectivity index (χ1) is 13.4. The van der Waals surface area contributed by atoms with Crippen LogP contribution in [0.25, 0.3) is 5.70 Å². The van der Waals surface area contributed by atoms with Gasteiger partial charge in [-0.3, -0.25) is 9.69 Å². The minimum Gasteiger partial charge on any atom is -0.357 e. The summed E-state index contributed by atoms with van der Waals surface area (Å²) in [5.74, 6) is -1.48. The van der Waals surface area contributed by atoms with Gasteiger partial charge in [0, 0.05) is 17.7 Å². The zero-order valence-corrected chi connectivity index (χ0v) is 18.5. The van der Waals surface area contributed by atoms with Crippen molar-refractivity contribution >= 4 is 36.4 Å². The van der Waals surface area contributed by atoms with Gasteiger partial charge in [0.05, 0.1) is 5.70 Å². The predicted octanol–water partition coefficient (Wildman–Crippen LogP) is 4.79. The molecular formula is C22H27Cl2F2N3O. The quantitative estimate of drug-likeness (QED) is 0.655. The van der Waals surface area contributed by atoms with Gasteiger partial charge < -0.3 is 11.1 Å². The number of rotatable bonds is 6. The summed E-state index contributed by atoms with van der Waals surface area (Å²) in [6.45, 7) is 4.08. The maximum absolute atomic E-state index is 14.4. The Morgan fingerprint density at radius 2 is 1.80 bits per heavy atom. The molecule has 1 atom stereocenters. The van der Waals surface area contributed by atoms with E-state index in [1.807, 2.05) is 44.2 Å². The number of carbonyl (C=O) groups excluding carboxylic acids is 1. The lowest BCUT2D eigenvalue weighted by atomic mass is 9.92. The van der Waals surface area contributed by atoms with Crippen molar-refractivity contribution < 1.29 is 13.6 Å². The molecule has 1 amide bonds. The Labute approximate surface area is 188 Å². The topological polar surface area (TPSA) is 58.4 Å². The molecule has 0 saturated heterocycles. The predicted molar refractivity (Wildman–Crippen MR) is 120 cm³/mol. The lowest BCUT2D eigenvalue weighted by Crippen LogP contribution is -2.52. The van der Waals surface area contributed by atoms with Crippen molar-refractivity contribution in [2.45, 2.75) is 32.4 Å². The van der Waals surface area contributed by atoms with Crippen LogP contribution in [0.15, 0.2) is 54.7 Å². The van der Waals surface area contributed by atoms with Crippen LogP contribution in [0.1, 0.15) is 37.8 Å². The second-order valence-corrected chi connectivity index (χ2v) is 7.27. The van der Waals surface area contributed by atoms with Crippen LogP contribution in [-0.2, 0) is 10.5 Å². The van der Waals surface area contributed by atoms with Gasteiger partial charge in [-0.15, -0.1) is 24.8 Å². The van der Waals surface area contributed by atoms with Gasteiger partial charge in [-0.2, -0.15) is 0 Å². The zero-order valence-electron chi connectivity index (χ0n) is 16.9. The van der Waals surface area contributed by atoms with E-state index in [1.54, 1.807) is 11.1 Å². The Morgan fingerprint density at radius 1 is 1.13 bits per heavy atom. The Kier molecular flexibility index (Phi) is 9.28. The third-order valence-corrected chi connectivity index (χ3v) is 4.95. The largest absolute Gasteiger partial charge is 0.357 e. The second kappa shape index (κ2) is 10.8. The molecule has 8 heteroatoms. The molecule has 2 aromatic carbocycles. The monoisotopic (exact) mass is 457 g/mol. The molecule has 30 heavy (non-hydrogen) atoms. The molecule has 0 aliphatic carbocycles. The minimum absolute atomic E-state index is 0. The number of carbonyl (C=O) groups is 1. The van der Waals surface area contributed by atoms with Gasteiger partial charge in [0.15, 0.2) is 0 Å². The molecule has 0 radical (unpaired) electrons. The Balaban J connectivity index is 0.00000225. The smallest absolute Gasteiger partial charge is 0.231 e. The summed E-state index contributed by atoms with van der Waals surface area (Å²) in [4.78, 5) is 14.7. The number of hydrogen-bond donors (Lipinski definition) is 2. The Morgan fingerprint density at radius 3 is 2.40 bits per heavy atom. The van der Waals surface area contributed by atoms with Crippen molar-refractivity contribution in [3.8, 4) is 0 Å². The zero-order chi connectivity index (χ0) is 20.3. The number of halogens is 4. The summed E-state index contributed by atoms with van der Waals surface area (Å²) in [5, 5.41) is 3.33. The van der Waals surface area contributed by atoms with E-state index in [0.29, 0.717) is 25.1 Å². The maximum Gasteiger partial charge on any atom is 0.231 e. The summed E-state index contributed by atoms with van der Waals surface area (Å²) < 4.78 is 28.2. The van der Waals surface area contributed by atoms with Crippen LogP contribution in [-0.4, -0.2) is 17.4 Å². The van der Waals surface area contributed by atoms with Gasteiger partial charge in [0.2, 0.25) is 5.91 Å². The molecule has 3 N–H and O–H groups in total. The van der Waals surface area contributed by atoms with Crippen LogP contribution >= 0.6 is 24.8 Å². The number of nitrogens with zero attached hydrogens (tertiary/aromatic N) is 1. The number of hydrogen-bond acceptors (Lipinski definition) is 3. The van der Waals surface area contributed by atoms with Crippen molar-refractivity contribution in [1.82, 2.24) is 10.2 Å². The van der Waals surface area contributed by atoms with Crippen LogP contribution in [0.2, 0.25) is 0 Å². The van der Waals surface area contributed by atoms with Crippen LogP contribution in [0, 0.1) is 17.6 Å². The Bertz CT molecular complexity index is 893. The molecule has 0 saturated carbocycles. The van der Waals surface area contributed by atoms with Gasteiger partial charge in [-0.25, -0.2) is 8.78 Å². The maximum atomic E-state index is 14.4. The van der Waals surface area contributed by atoms with E-state index in [9.17, 15) is 13.6 Å². The van der Waals surface area contributed by atoms with Crippen molar-refractivity contribution in [1.29, 1.82) is 0 Å². The van der Waals surface area contributed by atoms with Crippen molar-refractivity contribution in [2.24, 2.45) is 11.7 Å². The van der Waals surface area contributed by atoms with Crippen LogP contribution in [0.5, 0.6) is 0 Å². The minimum atomic E-state index is -0.907. The van der Waals surface area contributed by atoms with Gasteiger partial charge >= 0.3 is 0 Å². The standard InChI is InChI=1S/C22H25F2N3O.2ClH/c1-15(2)21(28)27-14-20(18-13-17(23)9-10-19(18)24)26-22(27,11-6-12-25)16-7-4-3-5-8-16;;/h3-5,7-10,13-15,26H,6,11-12,25H2,1-2H3;2*1H.